The summed E-state index contributed by atoms with van der Waals surface area (Å²) in [6.07, 6.45) is 9.20. The predicted molar refractivity (Wildman–Crippen MR) is 67.4 cm³/mol. The summed E-state index contributed by atoms with van der Waals surface area (Å²) < 4.78 is 0. The zero-order chi connectivity index (χ0) is 12.3. The molecular formula is C12H22N4O. The Morgan fingerprint density at radius 1 is 1.35 bits per heavy atom. The molecule has 0 saturated carbocycles. The fourth-order valence-electron chi connectivity index (χ4n) is 1.63. The third-order valence-corrected chi connectivity index (χ3v) is 2.63. The molecule has 0 aromatic carbocycles. The zero-order valence-corrected chi connectivity index (χ0v) is 10.2. The van der Waals surface area contributed by atoms with E-state index in [1.165, 1.54) is 5.56 Å². The normalized spacial score (nSPS) is 10.4. The van der Waals surface area contributed by atoms with Gasteiger partial charge in [-0.25, -0.2) is 0 Å². The minimum Gasteiger partial charge on any atom is -0.356 e. The Balaban J connectivity index is 1.93. The molecule has 0 atom stereocenters. The summed E-state index contributed by atoms with van der Waals surface area (Å²) in [4.78, 5) is 11.4. The fraction of sp³-hybridized carbons (Fsp3) is 0.667. The summed E-state index contributed by atoms with van der Waals surface area (Å²) in [5, 5.41) is 9.56. The number of hydrogen-bond donors (Lipinski definition) is 3. The standard InChI is InChI=1S/C12H22N4O/c13-7-3-1-2-6-12(17)14-8-4-5-11-9-15-16-10-11/h9-10H,1-8,13H2,(H,14,17)(H,15,16). The van der Waals surface area contributed by atoms with Crippen LogP contribution in [0.25, 0.3) is 0 Å². The van der Waals surface area contributed by atoms with Crippen molar-refractivity contribution in [3.8, 4) is 0 Å². The van der Waals surface area contributed by atoms with Crippen molar-refractivity contribution in [2.75, 3.05) is 13.1 Å². The topological polar surface area (TPSA) is 83.8 Å². The molecule has 4 N–H and O–H groups in total. The molecule has 1 amide bonds. The number of hydrogen-bond acceptors (Lipinski definition) is 3. The van der Waals surface area contributed by atoms with Gasteiger partial charge >= 0.3 is 0 Å². The first-order chi connectivity index (χ1) is 8.33. The first-order valence-corrected chi connectivity index (χ1v) is 6.27. The molecule has 1 aromatic heterocycles. The maximum Gasteiger partial charge on any atom is 0.219 e. The van der Waals surface area contributed by atoms with Crippen LogP contribution in [0.2, 0.25) is 0 Å². The monoisotopic (exact) mass is 238 g/mol. The number of nitrogens with zero attached hydrogens (tertiary/aromatic N) is 1. The van der Waals surface area contributed by atoms with Crippen LogP contribution < -0.4 is 11.1 Å². The number of aryl methyl sites for hydroxylation is 1. The number of nitrogens with two attached hydrogens (primary N) is 1. The minimum absolute atomic E-state index is 0.147. The third kappa shape index (κ3) is 6.73. The SMILES string of the molecule is NCCCCCC(=O)NCCCc1cn[nH]c1. The highest BCUT2D eigenvalue weighted by atomic mass is 16.1. The molecule has 0 saturated heterocycles. The van der Waals surface area contributed by atoms with Gasteiger partial charge in [0.25, 0.3) is 0 Å². The Morgan fingerprint density at radius 2 is 2.24 bits per heavy atom. The summed E-state index contributed by atoms with van der Waals surface area (Å²) in [7, 11) is 0. The van der Waals surface area contributed by atoms with Crippen LogP contribution in [0.5, 0.6) is 0 Å². The van der Waals surface area contributed by atoms with Crippen LogP contribution in [-0.2, 0) is 11.2 Å². The number of unbranched alkanes of at least 4 members (excludes halogenated alkanes) is 2. The molecule has 0 radical (unpaired) electrons. The quantitative estimate of drug-likeness (QED) is 0.561. The van der Waals surface area contributed by atoms with Crippen molar-refractivity contribution >= 4 is 5.91 Å². The second kappa shape index (κ2) is 8.75. The van der Waals surface area contributed by atoms with Gasteiger partial charge in [0.1, 0.15) is 0 Å². The van der Waals surface area contributed by atoms with Crippen LogP contribution >= 0.6 is 0 Å². The van der Waals surface area contributed by atoms with E-state index in [1.807, 2.05) is 12.4 Å². The summed E-state index contributed by atoms with van der Waals surface area (Å²) in [5.74, 6) is 0.147. The number of carbonyl (C=O) groups is 1. The fourth-order valence-corrected chi connectivity index (χ4v) is 1.63. The Bertz CT molecular complexity index is 297. The van der Waals surface area contributed by atoms with E-state index < -0.39 is 0 Å². The Hall–Kier alpha value is -1.36. The van der Waals surface area contributed by atoms with Gasteiger partial charge in [0.05, 0.1) is 6.20 Å². The molecule has 5 heteroatoms. The van der Waals surface area contributed by atoms with Crippen LogP contribution in [0.3, 0.4) is 0 Å². The number of H-pyrrole nitrogens is 1. The van der Waals surface area contributed by atoms with Crippen molar-refractivity contribution < 1.29 is 4.79 Å². The molecule has 96 valence electrons. The van der Waals surface area contributed by atoms with Gasteiger partial charge in [-0.3, -0.25) is 9.89 Å². The van der Waals surface area contributed by atoms with E-state index in [9.17, 15) is 4.79 Å². The van der Waals surface area contributed by atoms with Crippen molar-refractivity contribution in [2.24, 2.45) is 5.73 Å². The number of aromatic nitrogens is 2. The predicted octanol–water partition coefficient (Wildman–Crippen LogP) is 0.978. The molecule has 0 spiro atoms. The second-order valence-electron chi connectivity index (χ2n) is 4.16. The third-order valence-electron chi connectivity index (χ3n) is 2.63. The molecule has 0 aliphatic rings. The van der Waals surface area contributed by atoms with E-state index >= 15 is 0 Å². The van der Waals surface area contributed by atoms with Crippen molar-refractivity contribution in [3.63, 3.8) is 0 Å². The highest BCUT2D eigenvalue weighted by Crippen LogP contribution is 2.00. The maximum absolute atomic E-state index is 11.4. The molecule has 0 fully saturated rings. The Morgan fingerprint density at radius 3 is 2.94 bits per heavy atom. The number of aromatic amines is 1. The largest absolute Gasteiger partial charge is 0.356 e. The first-order valence-electron chi connectivity index (χ1n) is 6.27. The number of carbonyl (C=O) groups excluding carboxylic acids is 1. The van der Waals surface area contributed by atoms with Gasteiger partial charge in [0, 0.05) is 19.2 Å². The highest BCUT2D eigenvalue weighted by Gasteiger charge is 2.00. The number of nitrogens with one attached hydrogen (secondary N) is 2. The zero-order valence-electron chi connectivity index (χ0n) is 10.2. The Kier molecular flexibility index (Phi) is 7.06. The van der Waals surface area contributed by atoms with E-state index in [1.54, 1.807) is 0 Å². The molecule has 1 aromatic rings. The Labute approximate surface area is 102 Å². The van der Waals surface area contributed by atoms with Crippen LogP contribution in [0, 0.1) is 0 Å². The molecule has 1 rings (SSSR count). The highest BCUT2D eigenvalue weighted by molar-refractivity contribution is 5.75. The number of amides is 1. The molecular weight excluding hydrogens is 216 g/mol. The molecule has 0 aliphatic carbocycles. The minimum atomic E-state index is 0.147. The van der Waals surface area contributed by atoms with Gasteiger partial charge in [0.2, 0.25) is 5.91 Å². The lowest BCUT2D eigenvalue weighted by Crippen LogP contribution is -2.24. The van der Waals surface area contributed by atoms with Gasteiger partial charge in [-0.05, 0) is 37.8 Å². The van der Waals surface area contributed by atoms with E-state index in [0.717, 1.165) is 38.6 Å². The average molecular weight is 238 g/mol. The van der Waals surface area contributed by atoms with Gasteiger partial charge < -0.3 is 11.1 Å². The average Bonchev–Trinajstić information content (AvgIpc) is 2.83. The second-order valence-corrected chi connectivity index (χ2v) is 4.16. The van der Waals surface area contributed by atoms with Gasteiger partial charge in [-0.15, -0.1) is 0 Å². The van der Waals surface area contributed by atoms with Crippen molar-refractivity contribution in [3.05, 3.63) is 18.0 Å². The maximum atomic E-state index is 11.4. The molecule has 0 unspecified atom stereocenters. The lowest BCUT2D eigenvalue weighted by Gasteiger charge is -2.04. The van der Waals surface area contributed by atoms with Crippen molar-refractivity contribution in [1.29, 1.82) is 0 Å². The van der Waals surface area contributed by atoms with E-state index in [0.29, 0.717) is 13.0 Å². The smallest absolute Gasteiger partial charge is 0.219 e. The van der Waals surface area contributed by atoms with Crippen LogP contribution in [0.4, 0.5) is 0 Å². The van der Waals surface area contributed by atoms with Crippen LogP contribution in [-0.4, -0.2) is 29.2 Å². The molecule has 1 heterocycles. The summed E-state index contributed by atoms with van der Waals surface area (Å²) >= 11 is 0. The lowest BCUT2D eigenvalue weighted by atomic mass is 10.2. The van der Waals surface area contributed by atoms with E-state index in [4.69, 9.17) is 5.73 Å². The van der Waals surface area contributed by atoms with Gasteiger partial charge in [0.15, 0.2) is 0 Å². The van der Waals surface area contributed by atoms with Crippen molar-refractivity contribution in [1.82, 2.24) is 15.5 Å². The van der Waals surface area contributed by atoms with Crippen molar-refractivity contribution in [2.45, 2.75) is 38.5 Å². The molecule has 0 aliphatic heterocycles. The number of rotatable bonds is 9. The molecule has 0 bridgehead atoms. The summed E-state index contributed by atoms with van der Waals surface area (Å²) in [6, 6.07) is 0. The summed E-state index contributed by atoms with van der Waals surface area (Å²) in [5.41, 5.74) is 6.56. The lowest BCUT2D eigenvalue weighted by molar-refractivity contribution is -0.121. The van der Waals surface area contributed by atoms with E-state index in [2.05, 4.69) is 15.5 Å². The van der Waals surface area contributed by atoms with Crippen LogP contribution in [0.1, 0.15) is 37.7 Å². The van der Waals surface area contributed by atoms with Gasteiger partial charge in [-0.1, -0.05) is 6.42 Å². The first kappa shape index (κ1) is 13.7. The van der Waals surface area contributed by atoms with Gasteiger partial charge in [-0.2, -0.15) is 5.10 Å². The van der Waals surface area contributed by atoms with Crippen LogP contribution in [0.15, 0.2) is 12.4 Å². The summed E-state index contributed by atoms with van der Waals surface area (Å²) in [6.45, 7) is 1.45. The molecule has 5 nitrogen and oxygen atoms in total. The molecule has 17 heavy (non-hydrogen) atoms. The van der Waals surface area contributed by atoms with E-state index in [-0.39, 0.29) is 5.91 Å².